The van der Waals surface area contributed by atoms with Crippen LogP contribution in [0.5, 0.6) is 0 Å². The number of nitrogens with zero attached hydrogens (tertiary/aromatic N) is 3. The Bertz CT molecular complexity index is 1420. The van der Waals surface area contributed by atoms with Crippen LogP contribution in [0.1, 0.15) is 71.6 Å². The number of carbonyl (C=O) groups excluding carboxylic acids is 2. The molecular weight excluding hydrogens is 558 g/mol. The number of nitrogens with two attached hydrogens (primary N) is 1. The molecule has 3 fully saturated rings. The first-order chi connectivity index (χ1) is 21.2. The number of hydrogen-bond acceptors (Lipinski definition) is 6. The van der Waals surface area contributed by atoms with Crippen molar-refractivity contribution < 1.29 is 24.2 Å². The molecular formula is C34H43N5O5. The lowest BCUT2D eigenvalue weighted by molar-refractivity contribution is -0.151. The van der Waals surface area contributed by atoms with Gasteiger partial charge in [-0.25, -0.2) is 4.79 Å². The Morgan fingerprint density at radius 2 is 1.68 bits per heavy atom. The van der Waals surface area contributed by atoms with E-state index in [1.165, 1.54) is 12.1 Å². The van der Waals surface area contributed by atoms with Crippen LogP contribution in [0.2, 0.25) is 0 Å². The molecule has 1 aliphatic carbocycles. The molecule has 3 heterocycles. The van der Waals surface area contributed by atoms with Gasteiger partial charge in [-0.1, -0.05) is 24.3 Å². The van der Waals surface area contributed by atoms with E-state index in [-0.39, 0.29) is 47.1 Å². The summed E-state index contributed by atoms with van der Waals surface area (Å²) in [5.74, 6) is -1.00. The Morgan fingerprint density at radius 3 is 2.30 bits per heavy atom. The summed E-state index contributed by atoms with van der Waals surface area (Å²) in [6.07, 6.45) is 6.46. The lowest BCUT2D eigenvalue weighted by Gasteiger charge is -2.53. The maximum absolute atomic E-state index is 14.2. The molecule has 2 aromatic rings. The number of hydrogen-bond donors (Lipinski definition) is 3. The van der Waals surface area contributed by atoms with E-state index in [0.717, 1.165) is 87.1 Å². The quantitative estimate of drug-likeness (QED) is 0.323. The van der Waals surface area contributed by atoms with E-state index < -0.39 is 12.0 Å². The Kier molecular flexibility index (Phi) is 8.37. The van der Waals surface area contributed by atoms with Gasteiger partial charge in [0.25, 0.3) is 0 Å². The van der Waals surface area contributed by atoms with Gasteiger partial charge in [-0.2, -0.15) is 0 Å². The third-order valence-electron chi connectivity index (χ3n) is 10.6. The summed E-state index contributed by atoms with van der Waals surface area (Å²) in [4.78, 5) is 45.8. The van der Waals surface area contributed by atoms with Crippen LogP contribution in [0, 0.1) is 16.7 Å². The fraction of sp³-hybridized carbons (Fsp3) is 0.529. The highest BCUT2D eigenvalue weighted by molar-refractivity contribution is 5.94. The molecule has 2 saturated heterocycles. The molecule has 44 heavy (non-hydrogen) atoms. The first-order valence-electron chi connectivity index (χ1n) is 15.8. The zero-order valence-electron chi connectivity index (χ0n) is 25.5. The number of fused-ring (bicyclic) bond motifs is 1. The maximum atomic E-state index is 14.2. The van der Waals surface area contributed by atoms with Crippen molar-refractivity contribution in [2.45, 2.75) is 63.5 Å². The van der Waals surface area contributed by atoms with Gasteiger partial charge >= 0.3 is 5.97 Å². The monoisotopic (exact) mass is 601 g/mol. The minimum Gasteiger partial charge on any atom is -0.478 e. The number of Topliss-reactive ketones (excluding diaryl/α,β-unsaturated/α-hetero) is 1. The third-order valence-corrected chi connectivity index (χ3v) is 10.6. The van der Waals surface area contributed by atoms with E-state index in [0.29, 0.717) is 13.0 Å². The van der Waals surface area contributed by atoms with Crippen molar-refractivity contribution in [3.8, 4) is 0 Å². The molecule has 1 spiro atoms. The van der Waals surface area contributed by atoms with Gasteiger partial charge in [-0.3, -0.25) is 15.0 Å². The summed E-state index contributed by atoms with van der Waals surface area (Å²) in [5, 5.41) is 17.0. The van der Waals surface area contributed by atoms with Crippen LogP contribution in [0.25, 0.3) is 0 Å². The van der Waals surface area contributed by atoms with Crippen molar-refractivity contribution in [2.24, 2.45) is 17.1 Å². The summed E-state index contributed by atoms with van der Waals surface area (Å²) in [6.45, 7) is 3.76. The number of methoxy groups -OCH3 is 1. The summed E-state index contributed by atoms with van der Waals surface area (Å²) in [5.41, 5.74) is 9.93. The van der Waals surface area contributed by atoms with Gasteiger partial charge in [-0.15, -0.1) is 0 Å². The Labute approximate surface area is 258 Å². The smallest absolute Gasteiger partial charge is 0.335 e. The molecule has 1 amide bonds. The van der Waals surface area contributed by atoms with Crippen molar-refractivity contribution >= 4 is 29.3 Å². The molecule has 0 bridgehead atoms. The molecule has 4 aliphatic rings. The summed E-state index contributed by atoms with van der Waals surface area (Å²) in [6, 6.07) is 11.9. The van der Waals surface area contributed by atoms with Gasteiger partial charge in [0.15, 0.2) is 11.7 Å². The predicted octanol–water partition coefficient (Wildman–Crippen LogP) is 3.62. The number of anilines is 1. The zero-order valence-corrected chi connectivity index (χ0v) is 25.5. The van der Waals surface area contributed by atoms with Crippen molar-refractivity contribution in [1.82, 2.24) is 9.80 Å². The number of carbonyl (C=O) groups is 3. The summed E-state index contributed by atoms with van der Waals surface area (Å²) < 4.78 is 5.58. The number of ketones is 1. The van der Waals surface area contributed by atoms with E-state index in [4.69, 9.17) is 15.9 Å². The molecule has 10 nitrogen and oxygen atoms in total. The second-order valence-corrected chi connectivity index (χ2v) is 13.1. The minimum atomic E-state index is -1.01. The van der Waals surface area contributed by atoms with Crippen molar-refractivity contribution in [1.29, 1.82) is 5.41 Å². The van der Waals surface area contributed by atoms with Gasteiger partial charge in [0.05, 0.1) is 11.7 Å². The van der Waals surface area contributed by atoms with Crippen LogP contribution in [-0.2, 0) is 27.2 Å². The topological polar surface area (TPSA) is 140 Å². The van der Waals surface area contributed by atoms with Crippen LogP contribution in [0.3, 0.4) is 0 Å². The van der Waals surface area contributed by atoms with Crippen LogP contribution in [0.15, 0.2) is 42.5 Å². The Hall–Kier alpha value is -3.92. The number of guanidine groups is 1. The molecule has 234 valence electrons. The van der Waals surface area contributed by atoms with Gasteiger partial charge in [0.2, 0.25) is 5.91 Å². The highest BCUT2D eigenvalue weighted by atomic mass is 16.5. The largest absolute Gasteiger partial charge is 0.478 e. The van der Waals surface area contributed by atoms with E-state index in [1.807, 2.05) is 21.9 Å². The molecule has 1 atom stereocenters. The maximum Gasteiger partial charge on any atom is 0.335 e. The first-order valence-corrected chi connectivity index (χ1v) is 15.8. The van der Waals surface area contributed by atoms with Crippen molar-refractivity contribution in [3.63, 3.8) is 0 Å². The van der Waals surface area contributed by atoms with Crippen LogP contribution in [-0.4, -0.2) is 84.5 Å². The van der Waals surface area contributed by atoms with Crippen molar-refractivity contribution in [2.75, 3.05) is 44.7 Å². The lowest BCUT2D eigenvalue weighted by Crippen LogP contribution is -2.55. The molecule has 0 radical (unpaired) electrons. The second kappa shape index (κ2) is 12.2. The van der Waals surface area contributed by atoms with E-state index in [9.17, 15) is 19.5 Å². The fourth-order valence-corrected chi connectivity index (χ4v) is 7.95. The number of benzene rings is 2. The predicted molar refractivity (Wildman–Crippen MR) is 167 cm³/mol. The normalized spacial score (nSPS) is 21.9. The number of amides is 1. The van der Waals surface area contributed by atoms with Crippen LogP contribution in [0.4, 0.5) is 5.69 Å². The average Bonchev–Trinajstić information content (AvgIpc) is 3.02. The Morgan fingerprint density at radius 1 is 1.00 bits per heavy atom. The lowest BCUT2D eigenvalue weighted by atomic mass is 9.57. The standard InChI is InChI=1S/C34H43N5O5/c1-44-25-9-14-37(15-10-25)28-4-2-3-27-26(28)11-16-39(30(27)29(40)19-22-5-7-23(8-6-22)32(42)43)31(41)24-20-34(21-24)12-17-38(18-13-34)33(35)36/h2-8,24-25,30H,9-21H2,1H3,(H3,35,36)(H,42,43)/t30-/m0/s1. The molecule has 0 unspecified atom stereocenters. The highest BCUT2D eigenvalue weighted by Crippen LogP contribution is 2.54. The van der Waals surface area contributed by atoms with Crippen LogP contribution < -0.4 is 10.6 Å². The SMILES string of the molecule is COC1CCN(c2cccc3c2CCN(C(=O)C2CC4(CCN(C(=N)N)CC4)C2)[C@@H]3C(=O)Cc2ccc(C(=O)O)cc2)CC1. The fourth-order valence-electron chi connectivity index (χ4n) is 7.95. The number of nitrogens with one attached hydrogen (secondary N) is 1. The van der Waals surface area contributed by atoms with E-state index in [2.05, 4.69) is 11.0 Å². The van der Waals surface area contributed by atoms with Gasteiger partial charge in [0.1, 0.15) is 6.04 Å². The number of aromatic carboxylic acids is 1. The molecule has 6 rings (SSSR count). The van der Waals surface area contributed by atoms with Gasteiger partial charge in [-0.05, 0) is 85.3 Å². The van der Waals surface area contributed by atoms with Gasteiger partial charge in [0, 0.05) is 57.9 Å². The molecule has 0 aromatic heterocycles. The summed E-state index contributed by atoms with van der Waals surface area (Å²) in [7, 11) is 1.76. The summed E-state index contributed by atoms with van der Waals surface area (Å²) >= 11 is 0. The van der Waals surface area contributed by atoms with Gasteiger partial charge < -0.3 is 30.3 Å². The molecule has 1 saturated carbocycles. The number of rotatable bonds is 7. The number of carboxylic acid groups (broad SMARTS) is 1. The minimum absolute atomic E-state index is 0.0542. The van der Waals surface area contributed by atoms with E-state index in [1.54, 1.807) is 19.2 Å². The average molecular weight is 602 g/mol. The third kappa shape index (κ3) is 5.79. The molecule has 10 heteroatoms. The molecule has 2 aromatic carbocycles. The van der Waals surface area contributed by atoms with Crippen molar-refractivity contribution in [3.05, 3.63) is 64.7 Å². The Balaban J connectivity index is 1.25. The number of ether oxygens (including phenoxy) is 1. The van der Waals surface area contributed by atoms with E-state index >= 15 is 0 Å². The zero-order chi connectivity index (χ0) is 31.0. The molecule has 4 N–H and O–H groups in total. The highest BCUT2D eigenvalue weighted by Gasteiger charge is 2.51. The number of carboxylic acids is 1. The first kappa shape index (κ1) is 30.1. The molecule has 3 aliphatic heterocycles. The number of piperidine rings is 2. The number of likely N-dealkylation sites (tertiary alicyclic amines) is 1. The van der Waals surface area contributed by atoms with Crippen LogP contribution >= 0.6 is 0 Å². The second-order valence-electron chi connectivity index (χ2n) is 13.1.